The predicted molar refractivity (Wildman–Crippen MR) is 66.0 cm³/mol. The summed E-state index contributed by atoms with van der Waals surface area (Å²) in [5, 5.41) is 8.92. The number of ether oxygens (including phenoxy) is 1. The molecule has 1 amide bonds. The molecule has 0 aromatic carbocycles. The summed E-state index contributed by atoms with van der Waals surface area (Å²) >= 11 is 0. The molecule has 1 fully saturated rings. The molecule has 0 saturated carbocycles. The lowest BCUT2D eigenvalue weighted by molar-refractivity contribution is -0.144. The van der Waals surface area contributed by atoms with E-state index in [0.717, 1.165) is 0 Å². The maximum absolute atomic E-state index is 11.7. The number of carboxylic acids is 1. The summed E-state index contributed by atoms with van der Waals surface area (Å²) in [5.74, 6) is -1.10. The number of hydrogen-bond donors (Lipinski definition) is 2. The van der Waals surface area contributed by atoms with Gasteiger partial charge >= 0.3 is 12.1 Å². The van der Waals surface area contributed by atoms with Gasteiger partial charge in [0, 0.05) is 18.5 Å². The van der Waals surface area contributed by atoms with Crippen LogP contribution in [0.5, 0.6) is 0 Å². The fourth-order valence-electron chi connectivity index (χ4n) is 1.82. The average Bonchev–Trinajstić information content (AvgIpc) is 2.13. The summed E-state index contributed by atoms with van der Waals surface area (Å²) in [4.78, 5) is 24.0. The average molecular weight is 256 g/mol. The van der Waals surface area contributed by atoms with Crippen molar-refractivity contribution in [3.05, 3.63) is 12.7 Å². The highest BCUT2D eigenvalue weighted by atomic mass is 16.6. The Morgan fingerprint density at radius 3 is 2.33 bits per heavy atom. The van der Waals surface area contributed by atoms with Crippen molar-refractivity contribution in [1.82, 2.24) is 4.90 Å². The Morgan fingerprint density at radius 2 is 2.00 bits per heavy atom. The molecule has 0 radical (unpaired) electrons. The van der Waals surface area contributed by atoms with Gasteiger partial charge in [-0.05, 0) is 20.8 Å². The van der Waals surface area contributed by atoms with Crippen molar-refractivity contribution in [3.8, 4) is 0 Å². The van der Waals surface area contributed by atoms with E-state index in [4.69, 9.17) is 15.6 Å². The molecule has 18 heavy (non-hydrogen) atoms. The van der Waals surface area contributed by atoms with E-state index in [1.54, 1.807) is 20.8 Å². The smallest absolute Gasteiger partial charge is 0.410 e. The number of aliphatic carboxylic acids is 1. The summed E-state index contributed by atoms with van der Waals surface area (Å²) in [6, 6.07) is -1.06. The molecular weight excluding hydrogens is 236 g/mol. The Kier molecular flexibility index (Phi) is 3.71. The van der Waals surface area contributed by atoms with Gasteiger partial charge in [-0.2, -0.15) is 0 Å². The fraction of sp³-hybridized carbons (Fsp3) is 0.667. The van der Waals surface area contributed by atoms with Crippen LogP contribution in [0.1, 0.15) is 20.8 Å². The second-order valence-electron chi connectivity index (χ2n) is 5.59. The highest BCUT2D eigenvalue weighted by molar-refractivity contribution is 5.77. The first-order valence-electron chi connectivity index (χ1n) is 5.71. The Hall–Kier alpha value is -1.56. The summed E-state index contributed by atoms with van der Waals surface area (Å²) in [7, 11) is 0. The molecule has 0 aromatic rings. The number of nitrogens with two attached hydrogens (primary N) is 1. The van der Waals surface area contributed by atoms with Gasteiger partial charge in [0.25, 0.3) is 0 Å². The first-order valence-corrected chi connectivity index (χ1v) is 5.71. The molecule has 6 nitrogen and oxygen atoms in total. The quantitative estimate of drug-likeness (QED) is 0.729. The lowest BCUT2D eigenvalue weighted by atomic mass is 9.74. The molecule has 1 heterocycles. The van der Waals surface area contributed by atoms with Gasteiger partial charge in [0.2, 0.25) is 0 Å². The number of amides is 1. The molecular formula is C12H20N2O4. The van der Waals surface area contributed by atoms with Crippen molar-refractivity contribution >= 4 is 12.1 Å². The molecule has 1 saturated heterocycles. The molecule has 6 heteroatoms. The summed E-state index contributed by atoms with van der Waals surface area (Å²) in [6.07, 6.45) is 1.05. The lowest BCUT2D eigenvalue weighted by Crippen LogP contribution is -2.66. The molecule has 1 aliphatic heterocycles. The van der Waals surface area contributed by atoms with Crippen LogP contribution in [-0.2, 0) is 9.53 Å². The molecule has 1 unspecified atom stereocenters. The summed E-state index contributed by atoms with van der Waals surface area (Å²) in [6.45, 7) is 9.36. The van der Waals surface area contributed by atoms with Crippen LogP contribution in [0.15, 0.2) is 12.7 Å². The fourth-order valence-corrected chi connectivity index (χ4v) is 1.82. The largest absolute Gasteiger partial charge is 0.480 e. The Balaban J connectivity index is 2.63. The minimum Gasteiger partial charge on any atom is -0.480 e. The van der Waals surface area contributed by atoms with Crippen LogP contribution in [0.25, 0.3) is 0 Å². The topological polar surface area (TPSA) is 92.9 Å². The molecule has 1 atom stereocenters. The van der Waals surface area contributed by atoms with Gasteiger partial charge < -0.3 is 20.5 Å². The standard InChI is InChI=1S/C12H20N2O4/c1-5-12(8(13)9(15)16)6-14(7-12)10(17)18-11(2,3)4/h5,8H,1,6-7,13H2,2-4H3,(H,15,16). The third-order valence-corrected chi connectivity index (χ3v) is 2.91. The van der Waals surface area contributed by atoms with E-state index in [1.165, 1.54) is 11.0 Å². The van der Waals surface area contributed by atoms with Crippen molar-refractivity contribution in [1.29, 1.82) is 0 Å². The van der Waals surface area contributed by atoms with Crippen LogP contribution in [-0.4, -0.2) is 46.8 Å². The second-order valence-corrected chi connectivity index (χ2v) is 5.59. The zero-order valence-electron chi connectivity index (χ0n) is 11.0. The Morgan fingerprint density at radius 1 is 1.50 bits per heavy atom. The third kappa shape index (κ3) is 2.81. The number of rotatable bonds is 3. The lowest BCUT2D eigenvalue weighted by Gasteiger charge is -2.49. The molecule has 0 aromatic heterocycles. The minimum absolute atomic E-state index is 0.221. The Bertz CT molecular complexity index is 367. The maximum Gasteiger partial charge on any atom is 0.410 e. The van der Waals surface area contributed by atoms with Crippen molar-refractivity contribution in [3.63, 3.8) is 0 Å². The maximum atomic E-state index is 11.7. The number of hydrogen-bond acceptors (Lipinski definition) is 4. The van der Waals surface area contributed by atoms with Crippen molar-refractivity contribution < 1.29 is 19.4 Å². The molecule has 1 aliphatic rings. The van der Waals surface area contributed by atoms with Gasteiger partial charge in [0.15, 0.2) is 0 Å². The monoisotopic (exact) mass is 256 g/mol. The highest BCUT2D eigenvalue weighted by Gasteiger charge is 2.50. The highest BCUT2D eigenvalue weighted by Crippen LogP contribution is 2.35. The van der Waals surface area contributed by atoms with Gasteiger partial charge in [0.05, 0.1) is 0 Å². The molecule has 102 valence electrons. The zero-order valence-corrected chi connectivity index (χ0v) is 11.0. The third-order valence-electron chi connectivity index (χ3n) is 2.91. The van der Waals surface area contributed by atoms with Crippen LogP contribution in [0.2, 0.25) is 0 Å². The van der Waals surface area contributed by atoms with Crippen molar-refractivity contribution in [2.75, 3.05) is 13.1 Å². The zero-order chi connectivity index (χ0) is 14.1. The van der Waals surface area contributed by atoms with E-state index in [1.807, 2.05) is 0 Å². The van der Waals surface area contributed by atoms with Gasteiger partial charge in [-0.15, -0.1) is 6.58 Å². The summed E-state index contributed by atoms with van der Waals surface area (Å²) in [5.41, 5.74) is 4.28. The van der Waals surface area contributed by atoms with Crippen molar-refractivity contribution in [2.45, 2.75) is 32.4 Å². The van der Waals surface area contributed by atoms with E-state index in [-0.39, 0.29) is 13.1 Å². The summed E-state index contributed by atoms with van der Waals surface area (Å²) < 4.78 is 5.18. The molecule has 0 aliphatic carbocycles. The van der Waals surface area contributed by atoms with E-state index in [2.05, 4.69) is 6.58 Å². The number of carbonyl (C=O) groups is 2. The van der Waals surface area contributed by atoms with Crippen LogP contribution in [0.4, 0.5) is 4.79 Å². The predicted octanol–water partition coefficient (Wildman–Crippen LogP) is 0.821. The Labute approximate surface area is 106 Å². The van der Waals surface area contributed by atoms with Crippen LogP contribution >= 0.6 is 0 Å². The SMILES string of the molecule is C=CC1(C(N)C(=O)O)CN(C(=O)OC(C)(C)C)C1. The van der Waals surface area contributed by atoms with Crippen LogP contribution in [0.3, 0.4) is 0 Å². The number of likely N-dealkylation sites (tertiary alicyclic amines) is 1. The first kappa shape index (κ1) is 14.5. The van der Waals surface area contributed by atoms with E-state index < -0.39 is 29.1 Å². The molecule has 1 rings (SSSR count). The first-order chi connectivity index (χ1) is 8.11. The molecule has 3 N–H and O–H groups in total. The van der Waals surface area contributed by atoms with Gasteiger partial charge in [-0.3, -0.25) is 4.79 Å². The van der Waals surface area contributed by atoms with Crippen LogP contribution in [0, 0.1) is 5.41 Å². The van der Waals surface area contributed by atoms with Crippen molar-refractivity contribution in [2.24, 2.45) is 11.1 Å². The van der Waals surface area contributed by atoms with E-state index in [0.29, 0.717) is 0 Å². The number of nitrogens with zero attached hydrogens (tertiary/aromatic N) is 1. The minimum atomic E-state index is -1.10. The normalized spacial score (nSPS) is 19.7. The second kappa shape index (κ2) is 4.61. The van der Waals surface area contributed by atoms with Gasteiger partial charge in [-0.25, -0.2) is 4.79 Å². The van der Waals surface area contributed by atoms with E-state index >= 15 is 0 Å². The van der Waals surface area contributed by atoms with E-state index in [9.17, 15) is 9.59 Å². The number of carboxylic acid groups (broad SMARTS) is 1. The van der Waals surface area contributed by atoms with Gasteiger partial charge in [0.1, 0.15) is 11.6 Å². The van der Waals surface area contributed by atoms with Gasteiger partial charge in [-0.1, -0.05) is 6.08 Å². The van der Waals surface area contributed by atoms with Crippen LogP contribution < -0.4 is 5.73 Å². The molecule has 0 bridgehead atoms. The number of carbonyl (C=O) groups excluding carboxylic acids is 1. The molecule has 0 spiro atoms.